The van der Waals surface area contributed by atoms with Crippen molar-refractivity contribution in [2.24, 2.45) is 0 Å². The number of nitrogens with one attached hydrogen (secondary N) is 1. The predicted octanol–water partition coefficient (Wildman–Crippen LogP) is 4.42. The minimum atomic E-state index is -1.71. The van der Waals surface area contributed by atoms with Crippen molar-refractivity contribution in [1.29, 1.82) is 0 Å². The third kappa shape index (κ3) is 5.20. The van der Waals surface area contributed by atoms with Gasteiger partial charge in [0.1, 0.15) is 28.2 Å². The smallest absolute Gasteiger partial charge is 0.399 e. The zero-order chi connectivity index (χ0) is 28.8. The Kier molecular flexibility index (Phi) is 7.86. The molecular formula is C27H33BF2N4O5S. The third-order valence-corrected chi connectivity index (χ3v) is 8.89. The highest BCUT2D eigenvalue weighted by Crippen LogP contribution is 2.37. The van der Waals surface area contributed by atoms with Crippen LogP contribution in [0.3, 0.4) is 0 Å². The maximum atomic E-state index is 15.6. The molecule has 0 amide bonds. The molecule has 1 aromatic carbocycles. The second kappa shape index (κ2) is 10.9. The fraction of sp³-hybridized carbons (Fsp3) is 0.519. The zero-order valence-corrected chi connectivity index (χ0v) is 24.1. The number of hydrogen-bond acceptors (Lipinski definition) is 7. The number of ether oxygens (including phenoxy) is 1. The summed E-state index contributed by atoms with van der Waals surface area (Å²) in [5, 5.41) is 4.92. The number of aromatic nitrogens is 3. The molecular weight excluding hydrogens is 541 g/mol. The van der Waals surface area contributed by atoms with Gasteiger partial charge < -0.3 is 14.0 Å². The number of pyridine rings is 1. The van der Waals surface area contributed by atoms with Crippen molar-refractivity contribution in [2.45, 2.75) is 77.7 Å². The van der Waals surface area contributed by atoms with Crippen LogP contribution in [0, 0.1) is 11.6 Å². The number of benzene rings is 1. The molecule has 2 atom stereocenters. The standard InChI is InChI=1S/C27H33BF2N4O5S/c1-6-13-40(36)33-23-19(29)11-10-17(21(23)30)24(35)22-18-14-16(28-38-26(2,3)27(4,5)39-28)15-31-25(18)34(32-22)20-9-7-8-12-37-20/h10-11,14-15,20,33H,6-9,12-13H2,1-5H3. The molecule has 1 N–H and O–H groups in total. The summed E-state index contributed by atoms with van der Waals surface area (Å²) in [5.74, 6) is -2.66. The van der Waals surface area contributed by atoms with E-state index in [1.165, 1.54) is 0 Å². The van der Waals surface area contributed by atoms with Crippen molar-refractivity contribution < 1.29 is 31.8 Å². The van der Waals surface area contributed by atoms with Crippen LogP contribution >= 0.6 is 0 Å². The Balaban J connectivity index is 1.60. The summed E-state index contributed by atoms with van der Waals surface area (Å²) in [4.78, 5) is 18.4. The highest BCUT2D eigenvalue weighted by Gasteiger charge is 2.52. The van der Waals surface area contributed by atoms with Crippen molar-refractivity contribution in [3.63, 3.8) is 0 Å². The van der Waals surface area contributed by atoms with Gasteiger partial charge >= 0.3 is 7.12 Å². The zero-order valence-electron chi connectivity index (χ0n) is 23.3. The molecule has 0 saturated carbocycles. The number of hydrogen-bond donors (Lipinski definition) is 1. The SMILES string of the molecule is CCCS(=O)Nc1c(F)ccc(C(=O)c2nn(C3CCCCO3)c3ncc(B4OC(C)(C)C(C)(C)O4)cc23)c1F. The van der Waals surface area contributed by atoms with Gasteiger partial charge in [-0.1, -0.05) is 6.92 Å². The van der Waals surface area contributed by atoms with Crippen molar-refractivity contribution >= 4 is 46.1 Å². The lowest BCUT2D eigenvalue weighted by atomic mass is 9.80. The van der Waals surface area contributed by atoms with E-state index in [4.69, 9.17) is 14.0 Å². The highest BCUT2D eigenvalue weighted by molar-refractivity contribution is 7.86. The Morgan fingerprint density at radius 3 is 2.58 bits per heavy atom. The average molecular weight is 574 g/mol. The maximum Gasteiger partial charge on any atom is 0.496 e. The van der Waals surface area contributed by atoms with E-state index in [-0.39, 0.29) is 11.4 Å². The Morgan fingerprint density at radius 1 is 1.20 bits per heavy atom. The lowest BCUT2D eigenvalue weighted by Crippen LogP contribution is -2.41. The third-order valence-electron chi connectivity index (χ3n) is 7.68. The molecule has 214 valence electrons. The van der Waals surface area contributed by atoms with Gasteiger partial charge in [-0.05, 0) is 71.6 Å². The summed E-state index contributed by atoms with van der Waals surface area (Å²) in [6.45, 7) is 10.1. The number of carbonyl (C=O) groups is 1. The second-order valence-electron chi connectivity index (χ2n) is 11.1. The van der Waals surface area contributed by atoms with E-state index in [9.17, 15) is 13.4 Å². The van der Waals surface area contributed by atoms with E-state index in [2.05, 4.69) is 14.8 Å². The van der Waals surface area contributed by atoms with Gasteiger partial charge in [0.2, 0.25) is 5.78 Å². The van der Waals surface area contributed by atoms with Crippen molar-refractivity contribution in [2.75, 3.05) is 17.1 Å². The quantitative estimate of drug-likeness (QED) is 0.314. The first-order chi connectivity index (χ1) is 18.9. The predicted molar refractivity (Wildman–Crippen MR) is 149 cm³/mol. The first kappa shape index (κ1) is 28.8. The number of anilines is 1. The molecule has 0 radical (unpaired) electrons. The molecule has 3 aromatic rings. The van der Waals surface area contributed by atoms with Crippen LogP contribution in [0.25, 0.3) is 11.0 Å². The average Bonchev–Trinajstić information content (AvgIpc) is 3.39. The van der Waals surface area contributed by atoms with Crippen LogP contribution in [-0.4, -0.2) is 55.4 Å². The van der Waals surface area contributed by atoms with Crippen LogP contribution in [-0.2, 0) is 25.0 Å². The van der Waals surface area contributed by atoms with Crippen molar-refractivity contribution in [3.05, 3.63) is 47.3 Å². The number of nitrogens with zero attached hydrogens (tertiary/aromatic N) is 3. The minimum Gasteiger partial charge on any atom is -0.399 e. The summed E-state index contributed by atoms with van der Waals surface area (Å²) in [7, 11) is -2.46. The minimum absolute atomic E-state index is 0.0684. The molecule has 5 rings (SSSR count). The molecule has 0 bridgehead atoms. The first-order valence-electron chi connectivity index (χ1n) is 13.5. The van der Waals surface area contributed by atoms with Gasteiger partial charge in [0.25, 0.3) is 0 Å². The van der Waals surface area contributed by atoms with E-state index in [1.807, 2.05) is 27.7 Å². The fourth-order valence-corrected chi connectivity index (χ4v) is 5.62. The normalized spacial score (nSPS) is 21.1. The molecule has 2 aliphatic heterocycles. The first-order valence-corrected chi connectivity index (χ1v) is 14.8. The Morgan fingerprint density at radius 2 is 1.93 bits per heavy atom. The lowest BCUT2D eigenvalue weighted by Gasteiger charge is -2.32. The fourth-order valence-electron chi connectivity index (χ4n) is 4.73. The van der Waals surface area contributed by atoms with Gasteiger partial charge in [-0.15, -0.1) is 0 Å². The number of halogens is 2. The van der Waals surface area contributed by atoms with Gasteiger partial charge in [-0.25, -0.2) is 22.7 Å². The van der Waals surface area contributed by atoms with Crippen LogP contribution in [0.2, 0.25) is 0 Å². The largest absolute Gasteiger partial charge is 0.496 e. The molecule has 4 heterocycles. The summed E-state index contributed by atoms with van der Waals surface area (Å²) in [6.07, 6.45) is 4.22. The lowest BCUT2D eigenvalue weighted by molar-refractivity contribution is -0.0371. The van der Waals surface area contributed by atoms with Crippen molar-refractivity contribution in [1.82, 2.24) is 14.8 Å². The summed E-state index contributed by atoms with van der Waals surface area (Å²) < 4.78 is 64.4. The van der Waals surface area contributed by atoms with Gasteiger partial charge in [-0.2, -0.15) is 5.10 Å². The van der Waals surface area contributed by atoms with E-state index in [0.29, 0.717) is 35.9 Å². The monoisotopic (exact) mass is 574 g/mol. The molecule has 0 aliphatic carbocycles. The van der Waals surface area contributed by atoms with Crippen LogP contribution < -0.4 is 10.2 Å². The molecule has 2 aromatic heterocycles. The van der Waals surface area contributed by atoms with Crippen LogP contribution in [0.15, 0.2) is 24.4 Å². The molecule has 2 saturated heterocycles. The molecule has 2 aliphatic rings. The molecule has 2 unspecified atom stereocenters. The van der Waals surface area contributed by atoms with E-state index in [1.54, 1.807) is 23.9 Å². The number of fused-ring (bicyclic) bond motifs is 1. The molecule has 40 heavy (non-hydrogen) atoms. The molecule has 0 spiro atoms. The van der Waals surface area contributed by atoms with E-state index < -0.39 is 64.2 Å². The second-order valence-corrected chi connectivity index (χ2v) is 12.4. The van der Waals surface area contributed by atoms with Gasteiger partial charge in [0, 0.05) is 24.0 Å². The van der Waals surface area contributed by atoms with Crippen molar-refractivity contribution in [3.8, 4) is 0 Å². The molecule has 13 heteroatoms. The highest BCUT2D eigenvalue weighted by atomic mass is 32.2. The summed E-state index contributed by atoms with van der Waals surface area (Å²) in [5.41, 5.74) is -1.32. The Bertz CT molecular complexity index is 1460. The van der Waals surface area contributed by atoms with Gasteiger partial charge in [0.05, 0.1) is 22.2 Å². The number of rotatable bonds is 8. The topological polar surface area (TPSA) is 105 Å². The summed E-state index contributed by atoms with van der Waals surface area (Å²) >= 11 is 0. The van der Waals surface area contributed by atoms with Gasteiger partial charge in [0.15, 0.2) is 17.7 Å². The summed E-state index contributed by atoms with van der Waals surface area (Å²) in [6, 6.07) is 3.74. The number of carbonyl (C=O) groups excluding carboxylic acids is 1. The van der Waals surface area contributed by atoms with Crippen LogP contribution in [0.5, 0.6) is 0 Å². The Hall–Kier alpha value is -2.74. The van der Waals surface area contributed by atoms with Gasteiger partial charge in [-0.3, -0.25) is 9.52 Å². The molecule has 9 nitrogen and oxygen atoms in total. The van der Waals surface area contributed by atoms with Crippen LogP contribution in [0.1, 0.15) is 82.6 Å². The molecule has 2 fully saturated rings. The van der Waals surface area contributed by atoms with E-state index >= 15 is 4.39 Å². The Labute approximate surface area is 234 Å². The number of ketones is 1. The van der Waals surface area contributed by atoms with Crippen LogP contribution in [0.4, 0.5) is 14.5 Å². The van der Waals surface area contributed by atoms with E-state index in [0.717, 1.165) is 25.0 Å². The maximum absolute atomic E-state index is 15.6.